The number of carbonyl (C=O) groups excluding carboxylic acids is 2. The molecule has 0 saturated heterocycles. The lowest BCUT2D eigenvalue weighted by Crippen LogP contribution is -2.26. The van der Waals surface area contributed by atoms with Gasteiger partial charge in [-0.3, -0.25) is 9.59 Å². The van der Waals surface area contributed by atoms with Crippen LogP contribution in [0.4, 0.5) is 0 Å². The number of benzene rings is 1. The highest BCUT2D eigenvalue weighted by molar-refractivity contribution is 9.10. The zero-order valence-electron chi connectivity index (χ0n) is 11.4. The minimum absolute atomic E-state index is 0.0910. The molecule has 0 radical (unpaired) electrons. The third kappa shape index (κ3) is 7.13. The molecule has 0 aromatic heterocycles. The molecule has 5 nitrogen and oxygen atoms in total. The van der Waals surface area contributed by atoms with Crippen molar-refractivity contribution >= 4 is 27.8 Å². The molecule has 0 unspecified atom stereocenters. The summed E-state index contributed by atoms with van der Waals surface area (Å²) in [6, 6.07) is 7.54. The standard InChI is InChI=1S/C14H18BrNO4/c1-19-14(18)7-8-16-13(17)6-3-9-20-12-5-2-4-11(15)10-12/h2,4-5,10H,3,6-9H2,1H3,(H,16,17). The second-order valence-corrected chi connectivity index (χ2v) is 5.00. The van der Waals surface area contributed by atoms with Crippen LogP contribution in [0.2, 0.25) is 0 Å². The number of rotatable bonds is 8. The predicted molar refractivity (Wildman–Crippen MR) is 78.5 cm³/mol. The Morgan fingerprint density at radius 1 is 1.30 bits per heavy atom. The summed E-state index contributed by atoms with van der Waals surface area (Å²) in [7, 11) is 1.32. The topological polar surface area (TPSA) is 64.6 Å². The molecule has 0 aliphatic rings. The zero-order chi connectivity index (χ0) is 14.8. The van der Waals surface area contributed by atoms with Gasteiger partial charge < -0.3 is 14.8 Å². The number of ether oxygens (including phenoxy) is 2. The van der Waals surface area contributed by atoms with Gasteiger partial charge in [-0.2, -0.15) is 0 Å². The summed E-state index contributed by atoms with van der Waals surface area (Å²) >= 11 is 3.36. The van der Waals surface area contributed by atoms with Gasteiger partial charge in [0.2, 0.25) is 5.91 Å². The van der Waals surface area contributed by atoms with E-state index in [2.05, 4.69) is 26.0 Å². The van der Waals surface area contributed by atoms with E-state index < -0.39 is 0 Å². The number of methoxy groups -OCH3 is 1. The summed E-state index contributed by atoms with van der Waals surface area (Å²) in [6.07, 6.45) is 1.18. The van der Waals surface area contributed by atoms with Gasteiger partial charge >= 0.3 is 5.97 Å². The molecular weight excluding hydrogens is 326 g/mol. The van der Waals surface area contributed by atoms with Gasteiger partial charge in [0.1, 0.15) is 5.75 Å². The molecule has 0 spiro atoms. The van der Waals surface area contributed by atoms with Crippen molar-refractivity contribution in [1.29, 1.82) is 0 Å². The molecule has 0 heterocycles. The van der Waals surface area contributed by atoms with Gasteiger partial charge in [0.15, 0.2) is 0 Å². The van der Waals surface area contributed by atoms with E-state index in [1.165, 1.54) is 7.11 Å². The van der Waals surface area contributed by atoms with Crippen LogP contribution in [0, 0.1) is 0 Å². The van der Waals surface area contributed by atoms with Gasteiger partial charge in [-0.25, -0.2) is 0 Å². The maximum Gasteiger partial charge on any atom is 0.307 e. The number of halogens is 1. The van der Waals surface area contributed by atoms with Crippen LogP contribution < -0.4 is 10.1 Å². The maximum absolute atomic E-state index is 11.5. The lowest BCUT2D eigenvalue weighted by Gasteiger charge is -2.07. The Morgan fingerprint density at radius 3 is 2.80 bits per heavy atom. The molecule has 1 aromatic rings. The summed E-state index contributed by atoms with van der Waals surface area (Å²) in [5.74, 6) is 0.348. The highest BCUT2D eigenvalue weighted by atomic mass is 79.9. The fourth-order valence-electron chi connectivity index (χ4n) is 1.47. The van der Waals surface area contributed by atoms with E-state index in [0.717, 1.165) is 10.2 Å². The maximum atomic E-state index is 11.5. The monoisotopic (exact) mass is 343 g/mol. The molecule has 0 atom stereocenters. The van der Waals surface area contributed by atoms with Crippen molar-refractivity contribution in [3.05, 3.63) is 28.7 Å². The summed E-state index contributed by atoms with van der Waals surface area (Å²) in [4.78, 5) is 22.3. The van der Waals surface area contributed by atoms with Crippen LogP contribution in [0.15, 0.2) is 28.7 Å². The summed E-state index contributed by atoms with van der Waals surface area (Å²) in [5, 5.41) is 2.65. The highest BCUT2D eigenvalue weighted by Crippen LogP contribution is 2.17. The van der Waals surface area contributed by atoms with E-state index in [-0.39, 0.29) is 18.3 Å². The SMILES string of the molecule is COC(=O)CCNC(=O)CCCOc1cccc(Br)c1. The number of carbonyl (C=O) groups is 2. The van der Waals surface area contributed by atoms with Crippen LogP contribution in [-0.4, -0.2) is 32.1 Å². The van der Waals surface area contributed by atoms with Gasteiger partial charge in [-0.05, 0) is 24.6 Å². The Hall–Kier alpha value is -1.56. The molecule has 1 N–H and O–H groups in total. The van der Waals surface area contributed by atoms with Crippen LogP contribution in [0.1, 0.15) is 19.3 Å². The second kappa shape index (κ2) is 9.36. The lowest BCUT2D eigenvalue weighted by atomic mass is 10.3. The number of esters is 1. The Morgan fingerprint density at radius 2 is 2.10 bits per heavy atom. The fraction of sp³-hybridized carbons (Fsp3) is 0.429. The molecule has 0 aliphatic carbocycles. The van der Waals surface area contributed by atoms with Gasteiger partial charge in [0, 0.05) is 17.4 Å². The third-order valence-electron chi connectivity index (χ3n) is 2.49. The van der Waals surface area contributed by atoms with Gasteiger partial charge in [-0.1, -0.05) is 22.0 Å². The Balaban J connectivity index is 2.09. The first-order valence-electron chi connectivity index (χ1n) is 6.33. The number of hydrogen-bond donors (Lipinski definition) is 1. The van der Waals surface area contributed by atoms with E-state index in [1.54, 1.807) is 0 Å². The Labute approximate surface area is 126 Å². The summed E-state index contributed by atoms with van der Waals surface area (Å²) in [6.45, 7) is 0.777. The van der Waals surface area contributed by atoms with Crippen LogP contribution in [0.3, 0.4) is 0 Å². The molecule has 0 bridgehead atoms. The average molecular weight is 344 g/mol. The summed E-state index contributed by atoms with van der Waals surface area (Å²) in [5.41, 5.74) is 0. The largest absolute Gasteiger partial charge is 0.494 e. The first kappa shape index (κ1) is 16.5. The third-order valence-corrected chi connectivity index (χ3v) is 2.99. The van der Waals surface area contributed by atoms with Crippen molar-refractivity contribution in [2.24, 2.45) is 0 Å². The molecule has 0 aliphatic heterocycles. The van der Waals surface area contributed by atoms with E-state index in [1.807, 2.05) is 24.3 Å². The minimum atomic E-state index is -0.330. The molecular formula is C14H18BrNO4. The van der Waals surface area contributed by atoms with Crippen LogP contribution in [0.25, 0.3) is 0 Å². The van der Waals surface area contributed by atoms with Crippen molar-refractivity contribution in [1.82, 2.24) is 5.32 Å². The summed E-state index contributed by atoms with van der Waals surface area (Å²) < 4.78 is 10.9. The number of amides is 1. The average Bonchev–Trinajstić information content (AvgIpc) is 2.43. The smallest absolute Gasteiger partial charge is 0.307 e. The number of nitrogens with one attached hydrogen (secondary N) is 1. The molecule has 1 rings (SSSR count). The van der Waals surface area contributed by atoms with Crippen molar-refractivity contribution < 1.29 is 19.1 Å². The van der Waals surface area contributed by atoms with Gasteiger partial charge in [-0.15, -0.1) is 0 Å². The predicted octanol–water partition coefficient (Wildman–Crippen LogP) is 2.29. The van der Waals surface area contributed by atoms with Gasteiger partial charge in [0.25, 0.3) is 0 Å². The second-order valence-electron chi connectivity index (χ2n) is 4.09. The normalized spacial score (nSPS) is 9.90. The van der Waals surface area contributed by atoms with Crippen LogP contribution in [0.5, 0.6) is 5.75 Å². The first-order valence-corrected chi connectivity index (χ1v) is 7.13. The molecule has 110 valence electrons. The Kier molecular flexibility index (Phi) is 7.72. The fourth-order valence-corrected chi connectivity index (χ4v) is 1.85. The molecule has 1 amide bonds. The van der Waals surface area contributed by atoms with E-state index in [0.29, 0.717) is 26.0 Å². The van der Waals surface area contributed by atoms with Crippen molar-refractivity contribution in [2.45, 2.75) is 19.3 Å². The van der Waals surface area contributed by atoms with E-state index >= 15 is 0 Å². The van der Waals surface area contributed by atoms with Gasteiger partial charge in [0.05, 0.1) is 20.1 Å². The molecule has 20 heavy (non-hydrogen) atoms. The zero-order valence-corrected chi connectivity index (χ0v) is 12.9. The Bertz CT molecular complexity index is 451. The van der Waals surface area contributed by atoms with Crippen molar-refractivity contribution in [2.75, 3.05) is 20.3 Å². The molecule has 0 saturated carbocycles. The van der Waals surface area contributed by atoms with Crippen molar-refractivity contribution in [3.8, 4) is 5.75 Å². The molecule has 1 aromatic carbocycles. The number of hydrogen-bond acceptors (Lipinski definition) is 4. The van der Waals surface area contributed by atoms with E-state index in [4.69, 9.17) is 4.74 Å². The molecule has 0 fully saturated rings. The quantitative estimate of drug-likeness (QED) is 0.581. The van der Waals surface area contributed by atoms with Crippen molar-refractivity contribution in [3.63, 3.8) is 0 Å². The van der Waals surface area contributed by atoms with Crippen LogP contribution >= 0.6 is 15.9 Å². The van der Waals surface area contributed by atoms with E-state index in [9.17, 15) is 9.59 Å². The first-order chi connectivity index (χ1) is 9.61. The molecule has 6 heteroatoms. The highest BCUT2D eigenvalue weighted by Gasteiger charge is 2.04. The lowest BCUT2D eigenvalue weighted by molar-refractivity contribution is -0.140. The van der Waals surface area contributed by atoms with Crippen LogP contribution in [-0.2, 0) is 14.3 Å². The minimum Gasteiger partial charge on any atom is -0.494 e.